The van der Waals surface area contributed by atoms with Gasteiger partial charge in [-0.2, -0.15) is 0 Å². The molecule has 0 bridgehead atoms. The number of alkyl halides is 3. The topological polar surface area (TPSA) is 36.0 Å². The summed E-state index contributed by atoms with van der Waals surface area (Å²) in [6.07, 6.45) is 5.60. The Balaban J connectivity index is 1.27. The van der Waals surface area contributed by atoms with Crippen LogP contribution in [0.1, 0.15) is 76.2 Å². The van der Waals surface area contributed by atoms with E-state index < -0.39 is 6.36 Å². The number of benzene rings is 1. The van der Waals surface area contributed by atoms with Crippen molar-refractivity contribution < 1.29 is 22.7 Å². The lowest BCUT2D eigenvalue weighted by atomic mass is 9.93. The number of amides is 1. The fourth-order valence-electron chi connectivity index (χ4n) is 6.83. The van der Waals surface area contributed by atoms with Crippen molar-refractivity contribution in [3.8, 4) is 5.75 Å². The van der Waals surface area contributed by atoms with Crippen molar-refractivity contribution in [2.24, 2.45) is 11.8 Å². The Labute approximate surface area is 212 Å². The highest BCUT2D eigenvalue weighted by molar-refractivity contribution is 5.80. The molecule has 4 fully saturated rings. The van der Waals surface area contributed by atoms with Gasteiger partial charge in [0.2, 0.25) is 5.91 Å². The second kappa shape index (κ2) is 10.8. The summed E-state index contributed by atoms with van der Waals surface area (Å²) in [6.45, 7) is 7.16. The van der Waals surface area contributed by atoms with Crippen molar-refractivity contribution in [1.82, 2.24) is 9.80 Å². The second-order valence-electron chi connectivity index (χ2n) is 11.5. The van der Waals surface area contributed by atoms with E-state index in [0.29, 0.717) is 18.5 Å². The number of carbonyl (C=O) groups excluding carboxylic acids is 1. The summed E-state index contributed by atoms with van der Waals surface area (Å²) in [6, 6.07) is 5.44. The predicted octanol–water partition coefficient (Wildman–Crippen LogP) is 5.79. The molecule has 1 saturated carbocycles. The van der Waals surface area contributed by atoms with Crippen molar-refractivity contribution in [2.75, 3.05) is 44.2 Å². The summed E-state index contributed by atoms with van der Waals surface area (Å²) >= 11 is 0. The summed E-state index contributed by atoms with van der Waals surface area (Å²) in [5.41, 5.74) is 1.89. The number of rotatable bonds is 5. The maximum atomic E-state index is 13.4. The Bertz CT molecular complexity index is 910. The van der Waals surface area contributed by atoms with Crippen LogP contribution in [0.4, 0.5) is 18.9 Å². The first-order valence-corrected chi connectivity index (χ1v) is 13.9. The number of hydrogen-bond donors (Lipinski definition) is 0. The Kier molecular flexibility index (Phi) is 7.70. The molecule has 2 unspecified atom stereocenters. The minimum absolute atomic E-state index is 0.0799. The molecule has 5 rings (SSSR count). The van der Waals surface area contributed by atoms with Crippen LogP contribution in [0.5, 0.6) is 5.75 Å². The summed E-state index contributed by atoms with van der Waals surface area (Å²) in [7, 11) is 0. The smallest absolute Gasteiger partial charge is 0.406 e. The normalized spacial score (nSPS) is 27.1. The largest absolute Gasteiger partial charge is 0.573 e. The molecule has 36 heavy (non-hydrogen) atoms. The number of likely N-dealkylation sites (tertiary alicyclic amines) is 2. The van der Waals surface area contributed by atoms with Crippen LogP contribution < -0.4 is 9.64 Å². The molecular formula is C28H40F3N3O2. The fourth-order valence-corrected chi connectivity index (χ4v) is 6.83. The third kappa shape index (κ3) is 5.95. The van der Waals surface area contributed by atoms with E-state index in [1.165, 1.54) is 38.2 Å². The van der Waals surface area contributed by atoms with Crippen LogP contribution in [0.2, 0.25) is 0 Å². The van der Waals surface area contributed by atoms with Gasteiger partial charge in [-0.25, -0.2) is 0 Å². The molecule has 200 valence electrons. The standard InChI is InChI=1S/C28H40F3N3O2/c1-20-9-13-32(14-10-20)26-17-24(36-28(29,30)31)7-8-25(26)21-11-16-34(18-21)27(35)22-12-15-33(19-22)23-5-3-2-4-6-23/h7-8,17,20-23H,2-6,9-16,18-19H2,1H3. The summed E-state index contributed by atoms with van der Waals surface area (Å²) in [5, 5.41) is 0. The van der Waals surface area contributed by atoms with E-state index in [2.05, 4.69) is 21.5 Å². The Hall–Kier alpha value is -1.96. The fraction of sp³-hybridized carbons (Fsp3) is 0.750. The zero-order valence-electron chi connectivity index (χ0n) is 21.4. The van der Waals surface area contributed by atoms with E-state index >= 15 is 0 Å². The van der Waals surface area contributed by atoms with Crippen molar-refractivity contribution in [3.05, 3.63) is 23.8 Å². The molecule has 3 heterocycles. The van der Waals surface area contributed by atoms with E-state index in [1.807, 2.05) is 4.90 Å². The van der Waals surface area contributed by atoms with Gasteiger partial charge in [0, 0.05) is 56.4 Å². The number of carbonyl (C=O) groups is 1. The Morgan fingerprint density at radius 1 is 0.917 bits per heavy atom. The molecule has 3 aliphatic heterocycles. The Morgan fingerprint density at radius 3 is 2.39 bits per heavy atom. The van der Waals surface area contributed by atoms with Crippen LogP contribution in [-0.2, 0) is 4.79 Å². The van der Waals surface area contributed by atoms with Crippen molar-refractivity contribution in [3.63, 3.8) is 0 Å². The number of nitrogens with zero attached hydrogens (tertiary/aromatic N) is 3. The minimum atomic E-state index is -4.71. The van der Waals surface area contributed by atoms with Gasteiger partial charge in [-0.1, -0.05) is 32.3 Å². The van der Waals surface area contributed by atoms with Crippen molar-refractivity contribution in [1.29, 1.82) is 0 Å². The van der Waals surface area contributed by atoms with Gasteiger partial charge in [0.1, 0.15) is 5.75 Å². The molecule has 1 aromatic rings. The first-order valence-electron chi connectivity index (χ1n) is 13.9. The number of ether oxygens (including phenoxy) is 1. The molecule has 5 nitrogen and oxygen atoms in total. The third-order valence-electron chi connectivity index (χ3n) is 8.96. The summed E-state index contributed by atoms with van der Waals surface area (Å²) < 4.78 is 43.0. The zero-order valence-corrected chi connectivity index (χ0v) is 21.4. The van der Waals surface area contributed by atoms with E-state index in [-0.39, 0.29) is 23.5 Å². The molecule has 3 saturated heterocycles. The number of piperidine rings is 1. The van der Waals surface area contributed by atoms with E-state index in [1.54, 1.807) is 12.1 Å². The lowest BCUT2D eigenvalue weighted by Gasteiger charge is -2.34. The molecule has 0 aromatic heterocycles. The van der Waals surface area contributed by atoms with Crippen molar-refractivity contribution in [2.45, 2.75) is 83.0 Å². The molecule has 1 aliphatic carbocycles. The Morgan fingerprint density at radius 2 is 1.67 bits per heavy atom. The molecule has 2 atom stereocenters. The zero-order chi connectivity index (χ0) is 25.3. The average Bonchev–Trinajstić information content (AvgIpc) is 3.54. The van der Waals surface area contributed by atoms with E-state index in [0.717, 1.165) is 69.7 Å². The van der Waals surface area contributed by atoms with Gasteiger partial charge in [-0.3, -0.25) is 9.69 Å². The second-order valence-corrected chi connectivity index (χ2v) is 11.5. The van der Waals surface area contributed by atoms with Crippen LogP contribution in [0, 0.1) is 11.8 Å². The molecule has 1 aromatic carbocycles. The average molecular weight is 508 g/mol. The minimum Gasteiger partial charge on any atom is -0.406 e. The van der Waals surface area contributed by atoms with Gasteiger partial charge in [0.25, 0.3) is 0 Å². The molecule has 8 heteroatoms. The quantitative estimate of drug-likeness (QED) is 0.505. The highest BCUT2D eigenvalue weighted by Gasteiger charge is 2.38. The van der Waals surface area contributed by atoms with Crippen LogP contribution in [0.25, 0.3) is 0 Å². The predicted molar refractivity (Wildman–Crippen MR) is 134 cm³/mol. The summed E-state index contributed by atoms with van der Waals surface area (Å²) in [5.74, 6) is 0.939. The van der Waals surface area contributed by atoms with Gasteiger partial charge in [-0.15, -0.1) is 13.2 Å². The number of halogens is 3. The maximum Gasteiger partial charge on any atom is 0.573 e. The number of hydrogen-bond acceptors (Lipinski definition) is 4. The molecule has 0 spiro atoms. The monoisotopic (exact) mass is 507 g/mol. The first-order chi connectivity index (χ1) is 17.3. The molecule has 0 radical (unpaired) electrons. The van der Waals surface area contributed by atoms with Crippen LogP contribution in [0.15, 0.2) is 18.2 Å². The lowest BCUT2D eigenvalue weighted by molar-refractivity contribution is -0.274. The molecule has 4 aliphatic rings. The van der Waals surface area contributed by atoms with E-state index in [4.69, 9.17) is 0 Å². The first kappa shape index (κ1) is 25.7. The maximum absolute atomic E-state index is 13.4. The van der Waals surface area contributed by atoms with Gasteiger partial charge in [0.15, 0.2) is 0 Å². The molecular weight excluding hydrogens is 467 g/mol. The van der Waals surface area contributed by atoms with Crippen LogP contribution in [0.3, 0.4) is 0 Å². The van der Waals surface area contributed by atoms with Crippen molar-refractivity contribution >= 4 is 11.6 Å². The van der Waals surface area contributed by atoms with Crippen LogP contribution in [-0.4, -0.2) is 67.4 Å². The SMILES string of the molecule is CC1CCN(c2cc(OC(F)(F)F)ccc2C2CCN(C(=O)C3CCN(C4CCCCC4)C3)C2)CC1. The lowest BCUT2D eigenvalue weighted by Crippen LogP contribution is -2.39. The third-order valence-corrected chi connectivity index (χ3v) is 8.96. The van der Waals surface area contributed by atoms with Gasteiger partial charge < -0.3 is 14.5 Å². The number of anilines is 1. The highest BCUT2D eigenvalue weighted by Crippen LogP contribution is 2.40. The van der Waals surface area contributed by atoms with Gasteiger partial charge in [0.05, 0.1) is 5.92 Å². The molecule has 1 amide bonds. The van der Waals surface area contributed by atoms with Crippen LogP contribution >= 0.6 is 0 Å². The van der Waals surface area contributed by atoms with E-state index in [9.17, 15) is 18.0 Å². The summed E-state index contributed by atoms with van der Waals surface area (Å²) in [4.78, 5) is 20.2. The van der Waals surface area contributed by atoms with Gasteiger partial charge >= 0.3 is 6.36 Å². The molecule has 0 N–H and O–H groups in total. The highest BCUT2D eigenvalue weighted by atomic mass is 19.4. The van der Waals surface area contributed by atoms with Gasteiger partial charge in [-0.05, 0) is 62.6 Å².